The lowest BCUT2D eigenvalue weighted by Crippen LogP contribution is -2.15. The molecule has 1 N–H and O–H groups in total. The smallest absolute Gasteiger partial charge is 0.225 e. The lowest BCUT2D eigenvalue weighted by molar-refractivity contribution is -0.116. The van der Waals surface area contributed by atoms with Crippen LogP contribution in [0.4, 0.5) is 5.82 Å². The number of anilines is 1. The normalized spacial score (nSPS) is 11.1. The van der Waals surface area contributed by atoms with Gasteiger partial charge in [-0.05, 0) is 12.8 Å². The van der Waals surface area contributed by atoms with Crippen LogP contribution in [0.2, 0.25) is 0 Å². The molecule has 0 atom stereocenters. The maximum Gasteiger partial charge on any atom is 0.225 e. The van der Waals surface area contributed by atoms with Crippen molar-refractivity contribution in [1.82, 2.24) is 24.3 Å². The number of fused-ring (bicyclic) bond motifs is 1. The summed E-state index contributed by atoms with van der Waals surface area (Å²) >= 11 is 0. The molecule has 23 heavy (non-hydrogen) atoms. The molecule has 0 saturated heterocycles. The summed E-state index contributed by atoms with van der Waals surface area (Å²) in [6.45, 7) is 5.89. The second-order valence-electron chi connectivity index (χ2n) is 5.82. The molecular formula is C16H18N6O. The Balaban J connectivity index is 2.01. The van der Waals surface area contributed by atoms with Crippen LogP contribution in [-0.4, -0.2) is 30.2 Å². The molecule has 1 amide bonds. The van der Waals surface area contributed by atoms with Gasteiger partial charge in [0.1, 0.15) is 12.1 Å². The van der Waals surface area contributed by atoms with Crippen molar-refractivity contribution in [3.05, 3.63) is 36.8 Å². The fourth-order valence-electron chi connectivity index (χ4n) is 2.36. The summed E-state index contributed by atoms with van der Waals surface area (Å²) in [7, 11) is 0. The molecule has 0 aliphatic carbocycles. The number of nitrogens with zero attached hydrogens (tertiary/aromatic N) is 5. The maximum atomic E-state index is 12.1. The molecule has 0 aliphatic heterocycles. The molecule has 0 aromatic carbocycles. The van der Waals surface area contributed by atoms with Crippen LogP contribution in [0.25, 0.3) is 16.9 Å². The van der Waals surface area contributed by atoms with Crippen LogP contribution >= 0.6 is 0 Å². The highest BCUT2D eigenvalue weighted by Crippen LogP contribution is 2.21. The van der Waals surface area contributed by atoms with Crippen molar-refractivity contribution in [2.24, 2.45) is 5.92 Å². The van der Waals surface area contributed by atoms with Gasteiger partial charge in [-0.15, -0.1) is 0 Å². The van der Waals surface area contributed by atoms with Gasteiger partial charge in [0.15, 0.2) is 5.65 Å². The highest BCUT2D eigenvalue weighted by atomic mass is 16.1. The zero-order valence-corrected chi connectivity index (χ0v) is 13.3. The third-order valence-corrected chi connectivity index (χ3v) is 3.39. The Morgan fingerprint density at radius 3 is 2.70 bits per heavy atom. The third kappa shape index (κ3) is 3.18. The van der Waals surface area contributed by atoms with E-state index in [1.54, 1.807) is 18.6 Å². The second kappa shape index (κ2) is 6.12. The molecule has 0 spiro atoms. The molecule has 0 saturated carbocycles. The van der Waals surface area contributed by atoms with E-state index in [0.29, 0.717) is 23.8 Å². The molecule has 7 nitrogen and oxygen atoms in total. The number of hydrogen-bond acceptors (Lipinski definition) is 5. The molecular weight excluding hydrogens is 292 g/mol. The van der Waals surface area contributed by atoms with Crippen LogP contribution in [0.5, 0.6) is 0 Å². The Morgan fingerprint density at radius 1 is 1.26 bits per heavy atom. The van der Waals surface area contributed by atoms with E-state index < -0.39 is 0 Å². The summed E-state index contributed by atoms with van der Waals surface area (Å²) in [4.78, 5) is 28.9. The Bertz CT molecular complexity index is 840. The second-order valence-corrected chi connectivity index (χ2v) is 5.82. The van der Waals surface area contributed by atoms with E-state index in [4.69, 9.17) is 0 Å². The molecule has 0 bridgehead atoms. The lowest BCUT2D eigenvalue weighted by atomic mass is 10.1. The highest BCUT2D eigenvalue weighted by Gasteiger charge is 2.14. The summed E-state index contributed by atoms with van der Waals surface area (Å²) in [6.07, 6.45) is 8.84. The van der Waals surface area contributed by atoms with Crippen molar-refractivity contribution < 1.29 is 4.79 Å². The van der Waals surface area contributed by atoms with Crippen molar-refractivity contribution in [3.63, 3.8) is 0 Å². The largest absolute Gasteiger partial charge is 0.310 e. The number of carbonyl (C=O) groups is 1. The number of carbonyl (C=O) groups excluding carboxylic acids is 1. The SMILES string of the molecule is Cc1nc2cnc(-c3cncnc3)cn2c1NC(=O)CC(C)C. The number of aromatic nitrogens is 5. The van der Waals surface area contributed by atoms with Gasteiger partial charge in [-0.3, -0.25) is 14.2 Å². The van der Waals surface area contributed by atoms with Crippen LogP contribution in [-0.2, 0) is 4.79 Å². The van der Waals surface area contributed by atoms with E-state index in [-0.39, 0.29) is 5.91 Å². The van der Waals surface area contributed by atoms with Gasteiger partial charge in [0.05, 0.1) is 17.6 Å². The highest BCUT2D eigenvalue weighted by molar-refractivity contribution is 5.91. The minimum Gasteiger partial charge on any atom is -0.310 e. The maximum absolute atomic E-state index is 12.1. The third-order valence-electron chi connectivity index (χ3n) is 3.39. The van der Waals surface area contributed by atoms with Crippen molar-refractivity contribution in [1.29, 1.82) is 0 Å². The Labute approximate surface area is 133 Å². The quantitative estimate of drug-likeness (QED) is 0.800. The number of amides is 1. The van der Waals surface area contributed by atoms with Gasteiger partial charge >= 0.3 is 0 Å². The molecule has 0 fully saturated rings. The Hall–Kier alpha value is -2.83. The summed E-state index contributed by atoms with van der Waals surface area (Å²) in [5.41, 5.74) is 2.96. The minimum atomic E-state index is -0.0219. The molecule has 0 aliphatic rings. The first kappa shape index (κ1) is 15.1. The van der Waals surface area contributed by atoms with E-state index in [1.165, 1.54) is 6.33 Å². The summed E-state index contributed by atoms with van der Waals surface area (Å²) in [5, 5.41) is 2.95. The number of hydrogen-bond donors (Lipinski definition) is 1. The molecule has 7 heteroatoms. The van der Waals surface area contributed by atoms with Crippen molar-refractivity contribution in [3.8, 4) is 11.3 Å². The van der Waals surface area contributed by atoms with E-state index in [9.17, 15) is 4.79 Å². The number of nitrogens with one attached hydrogen (secondary N) is 1. The first-order chi connectivity index (χ1) is 11.0. The molecule has 3 aromatic rings. The minimum absolute atomic E-state index is 0.0219. The van der Waals surface area contributed by atoms with Crippen LogP contribution in [0.3, 0.4) is 0 Å². The van der Waals surface area contributed by atoms with Gasteiger partial charge in [-0.2, -0.15) is 0 Å². The fraction of sp³-hybridized carbons (Fsp3) is 0.312. The Kier molecular flexibility index (Phi) is 4.01. The monoisotopic (exact) mass is 310 g/mol. The summed E-state index contributed by atoms with van der Waals surface area (Å²) in [5.74, 6) is 0.950. The molecule has 3 rings (SSSR count). The number of aryl methyl sites for hydroxylation is 1. The van der Waals surface area contributed by atoms with E-state index in [1.807, 2.05) is 31.4 Å². The topological polar surface area (TPSA) is 85.1 Å². The summed E-state index contributed by atoms with van der Waals surface area (Å²) in [6, 6.07) is 0. The van der Waals surface area contributed by atoms with Gasteiger partial charge in [-0.1, -0.05) is 13.8 Å². The van der Waals surface area contributed by atoms with Gasteiger partial charge in [-0.25, -0.2) is 15.0 Å². The van der Waals surface area contributed by atoms with Crippen LogP contribution in [0.1, 0.15) is 26.0 Å². The first-order valence-corrected chi connectivity index (χ1v) is 7.44. The van der Waals surface area contributed by atoms with Crippen LogP contribution in [0.15, 0.2) is 31.1 Å². The van der Waals surface area contributed by atoms with Gasteiger partial charge in [0, 0.05) is 30.6 Å². The molecule has 3 aromatic heterocycles. The average Bonchev–Trinajstić information content (AvgIpc) is 2.83. The van der Waals surface area contributed by atoms with E-state index in [2.05, 4.69) is 25.3 Å². The van der Waals surface area contributed by atoms with E-state index in [0.717, 1.165) is 17.0 Å². The number of rotatable bonds is 4. The molecule has 0 unspecified atom stereocenters. The fourth-order valence-corrected chi connectivity index (χ4v) is 2.36. The van der Waals surface area contributed by atoms with Gasteiger partial charge in [0.25, 0.3) is 0 Å². The predicted octanol–water partition coefficient (Wildman–Crippen LogP) is 2.48. The number of imidazole rings is 1. The van der Waals surface area contributed by atoms with Crippen LogP contribution in [0, 0.1) is 12.8 Å². The van der Waals surface area contributed by atoms with Crippen molar-refractivity contribution in [2.75, 3.05) is 5.32 Å². The van der Waals surface area contributed by atoms with E-state index >= 15 is 0 Å². The standard InChI is InChI=1S/C16H18N6O/c1-10(2)4-15(23)21-16-11(3)20-14-7-19-13(8-22(14)16)12-5-17-9-18-6-12/h5-10H,4H2,1-3H3,(H,21,23). The van der Waals surface area contributed by atoms with Crippen molar-refractivity contribution in [2.45, 2.75) is 27.2 Å². The van der Waals surface area contributed by atoms with Gasteiger partial charge in [0.2, 0.25) is 5.91 Å². The average molecular weight is 310 g/mol. The Morgan fingerprint density at radius 2 is 2.00 bits per heavy atom. The molecule has 118 valence electrons. The predicted molar refractivity (Wildman–Crippen MR) is 86.8 cm³/mol. The summed E-state index contributed by atoms with van der Waals surface area (Å²) < 4.78 is 1.84. The lowest BCUT2D eigenvalue weighted by Gasteiger charge is -2.08. The zero-order valence-electron chi connectivity index (χ0n) is 13.3. The van der Waals surface area contributed by atoms with Crippen molar-refractivity contribution >= 4 is 17.4 Å². The zero-order chi connectivity index (χ0) is 16.4. The van der Waals surface area contributed by atoms with Gasteiger partial charge < -0.3 is 5.32 Å². The van der Waals surface area contributed by atoms with Crippen LogP contribution < -0.4 is 5.32 Å². The molecule has 0 radical (unpaired) electrons. The first-order valence-electron chi connectivity index (χ1n) is 7.44. The molecule has 3 heterocycles.